The highest BCUT2D eigenvalue weighted by molar-refractivity contribution is 9.28. The Hall–Kier alpha value is -4.20. The van der Waals surface area contributed by atoms with E-state index in [9.17, 15) is 33.9 Å². The molecular formula is C71H102Br2O37. The number of cyclic esters (lactones) is 1. The van der Waals surface area contributed by atoms with Gasteiger partial charge < -0.3 is 153 Å². The summed E-state index contributed by atoms with van der Waals surface area (Å²) in [5.41, 5.74) is 0. The Balaban J connectivity index is 0.000000153. The minimum absolute atomic E-state index is 0.131. The molecule has 0 saturated carbocycles. The first-order chi connectivity index (χ1) is 50.8. The first-order valence-corrected chi connectivity index (χ1v) is 37.1. The molecule has 0 aromatic carbocycles. The fraction of sp³-hybridized carbons (Fsp3) is 0.831. The van der Waals surface area contributed by atoms with Gasteiger partial charge in [-0.3, -0.25) is 19.2 Å². The molecule has 37 nitrogen and oxygen atoms in total. The second-order valence-corrected chi connectivity index (χ2v) is 33.8. The fourth-order valence-electron chi connectivity index (χ4n) is 14.4. The zero-order chi connectivity index (χ0) is 81.8. The van der Waals surface area contributed by atoms with Crippen LogP contribution in [0.25, 0.3) is 0 Å². The molecule has 0 bridgehead atoms. The van der Waals surface area contributed by atoms with Crippen LogP contribution in [0.2, 0.25) is 0 Å². The van der Waals surface area contributed by atoms with Crippen LogP contribution >= 0.6 is 31.9 Å². The van der Waals surface area contributed by atoms with Gasteiger partial charge in [-0.15, -0.1) is 12.8 Å². The summed E-state index contributed by atoms with van der Waals surface area (Å²) in [6.07, 6.45) is -6.42. The predicted molar refractivity (Wildman–Crippen MR) is 369 cm³/mol. The number of aliphatic hydroxyl groups excluding tert-OH is 5. The minimum Gasteiger partial charge on any atom is -0.455 e. The summed E-state index contributed by atoms with van der Waals surface area (Å²) < 4.78 is 147. The highest BCUT2D eigenvalue weighted by Crippen LogP contribution is 2.49. The van der Waals surface area contributed by atoms with Crippen molar-refractivity contribution in [3.63, 3.8) is 0 Å². The van der Waals surface area contributed by atoms with E-state index in [4.69, 9.17) is 152 Å². The largest absolute Gasteiger partial charge is 0.455 e. The van der Waals surface area contributed by atoms with Crippen molar-refractivity contribution in [2.75, 3.05) is 13.2 Å². The lowest BCUT2D eigenvalue weighted by molar-refractivity contribution is -0.286. The Morgan fingerprint density at radius 3 is 1.16 bits per heavy atom. The SMILES string of the molecule is C#C[C@@H]1OC(OC(C)=O)[C@@H](OC(C)=O)[C@H](OC(C)=O)[C@@H]1OC(C)=O.C#C[C@@H]1OC2OC(C)(C)O[C@H]2C2OC(C)(C)O[C@@H]21.CC1(C)OC2O[C@@H](C=C(Br)Br)[C@H]3OC(C)(C)OC3[C@@H]2O1.CC1(C)OC2O[C@@H](C=O)[C@H]3OC(C)(C)OC3[C@@H]2O1.CC1(C)OC2O[C@@H](CO)[C@H]3OC(C)(C)OC3[C@@H]2O1.O=C1O[C@H](C(O)CO)[C@@H](O)[C@@H]1O. The molecule has 0 radical (unpaired) electrons. The molecule has 622 valence electrons. The number of fused-ring (bicyclic) bond motifs is 12. The molecule has 110 heavy (non-hydrogen) atoms. The average Bonchev–Trinajstić information content (AvgIpc) is 1.60. The summed E-state index contributed by atoms with van der Waals surface area (Å²) in [5, 5.41) is 44.7. The number of carbonyl (C=O) groups is 6. The van der Waals surface area contributed by atoms with E-state index in [2.05, 4.69) is 48.4 Å². The highest BCUT2D eigenvalue weighted by atomic mass is 79.9. The van der Waals surface area contributed by atoms with Crippen LogP contribution in [0.3, 0.4) is 0 Å². The van der Waals surface area contributed by atoms with Crippen molar-refractivity contribution in [3.05, 3.63) is 9.47 Å². The summed E-state index contributed by atoms with van der Waals surface area (Å²) in [4.78, 5) is 67.0. The highest BCUT2D eigenvalue weighted by Gasteiger charge is 2.65. The summed E-state index contributed by atoms with van der Waals surface area (Å²) in [5.74, 6) is -4.73. The van der Waals surface area contributed by atoms with Crippen LogP contribution in [0.5, 0.6) is 0 Å². The topological polar surface area (TPSA) is 444 Å². The van der Waals surface area contributed by atoms with Crippen LogP contribution in [0, 0.1) is 24.7 Å². The van der Waals surface area contributed by atoms with Gasteiger partial charge in [0, 0.05) is 27.7 Å². The molecule has 14 heterocycles. The molecule has 14 saturated heterocycles. The van der Waals surface area contributed by atoms with Crippen molar-refractivity contribution in [1.29, 1.82) is 0 Å². The molecule has 10 unspecified atom stereocenters. The van der Waals surface area contributed by atoms with Gasteiger partial charge in [-0.2, -0.15) is 0 Å². The van der Waals surface area contributed by atoms with Gasteiger partial charge in [0.1, 0.15) is 110 Å². The van der Waals surface area contributed by atoms with Gasteiger partial charge in [-0.05, 0) is 149 Å². The first kappa shape index (κ1) is 89.7. The van der Waals surface area contributed by atoms with Gasteiger partial charge in [-0.25, -0.2) is 4.79 Å². The van der Waals surface area contributed by atoms with Gasteiger partial charge in [0.25, 0.3) is 0 Å². The molecule has 14 fully saturated rings. The molecule has 0 spiro atoms. The van der Waals surface area contributed by atoms with Crippen LogP contribution in [0.15, 0.2) is 9.47 Å². The van der Waals surface area contributed by atoms with Crippen LogP contribution in [-0.2, 0) is 152 Å². The zero-order valence-corrected chi connectivity index (χ0v) is 67.7. The van der Waals surface area contributed by atoms with E-state index >= 15 is 0 Å². The summed E-state index contributed by atoms with van der Waals surface area (Å²) >= 11 is 6.72. The molecule has 0 aromatic heterocycles. The van der Waals surface area contributed by atoms with E-state index < -0.39 is 187 Å². The number of hydrogen-bond acceptors (Lipinski definition) is 37. The molecule has 14 aliphatic rings. The Morgan fingerprint density at radius 2 is 0.782 bits per heavy atom. The molecule has 29 atom stereocenters. The second kappa shape index (κ2) is 34.5. The second-order valence-electron chi connectivity index (χ2n) is 31.0. The monoisotopic (exact) mass is 1700 g/mol. The summed E-state index contributed by atoms with van der Waals surface area (Å²) in [6, 6.07) is 0. The molecular weight excluding hydrogens is 1600 g/mol. The number of hydrogen-bond donors (Lipinski definition) is 5. The van der Waals surface area contributed by atoms with E-state index in [-0.39, 0.29) is 79.9 Å². The lowest BCUT2D eigenvalue weighted by Crippen LogP contribution is -2.61. The molecule has 39 heteroatoms. The fourth-order valence-corrected chi connectivity index (χ4v) is 14.9. The third-order valence-corrected chi connectivity index (χ3v) is 18.7. The first-order valence-electron chi connectivity index (χ1n) is 35.5. The third-order valence-electron chi connectivity index (χ3n) is 18.1. The number of halogens is 2. The van der Waals surface area contributed by atoms with Crippen molar-refractivity contribution in [3.8, 4) is 24.7 Å². The zero-order valence-electron chi connectivity index (χ0n) is 64.5. The lowest BCUT2D eigenvalue weighted by Gasteiger charge is -2.42. The van der Waals surface area contributed by atoms with Gasteiger partial charge in [0.05, 0.1) is 16.6 Å². The number of terminal acetylenes is 2. The van der Waals surface area contributed by atoms with Crippen molar-refractivity contribution in [1.82, 2.24) is 0 Å². The Morgan fingerprint density at radius 1 is 0.445 bits per heavy atom. The number of aldehydes is 1. The molecule has 14 rings (SSSR count). The lowest BCUT2D eigenvalue weighted by atomic mass is 9.98. The van der Waals surface area contributed by atoms with E-state index in [1.165, 1.54) is 0 Å². The van der Waals surface area contributed by atoms with Gasteiger partial charge >= 0.3 is 29.8 Å². The average molecular weight is 1710 g/mol. The summed E-state index contributed by atoms with van der Waals surface area (Å²) in [7, 11) is 0. The number of ether oxygens (including phenoxy) is 26. The third kappa shape index (κ3) is 21.5. The van der Waals surface area contributed by atoms with Crippen LogP contribution in [-0.4, -0.2) is 299 Å². The van der Waals surface area contributed by atoms with Gasteiger partial charge in [0.2, 0.25) is 12.4 Å². The maximum Gasteiger partial charge on any atom is 0.338 e. The molecule has 14 aliphatic heterocycles. The maximum absolute atomic E-state index is 11.4. The van der Waals surface area contributed by atoms with Crippen LogP contribution in [0.1, 0.15) is 138 Å². The molecule has 0 aromatic rings. The van der Waals surface area contributed by atoms with E-state index in [1.54, 1.807) is 13.8 Å². The molecule has 0 amide bonds. The van der Waals surface area contributed by atoms with Crippen molar-refractivity contribution in [2.45, 2.75) is 363 Å². The van der Waals surface area contributed by atoms with Crippen molar-refractivity contribution >= 4 is 68.0 Å². The number of esters is 5. The Bertz CT molecular complexity index is 3380. The quantitative estimate of drug-likeness (QED) is 0.0948. The van der Waals surface area contributed by atoms with Gasteiger partial charge in [0.15, 0.2) is 108 Å². The molecule has 0 aliphatic carbocycles. The Kier molecular flexibility index (Phi) is 28.2. The number of carbonyl (C=O) groups excluding carboxylic acids is 6. The minimum atomic E-state index is -1.63. The smallest absolute Gasteiger partial charge is 0.338 e. The number of aliphatic hydroxyl groups is 5. The summed E-state index contributed by atoms with van der Waals surface area (Å²) in [6.45, 7) is 33.2. The Labute approximate surface area is 652 Å². The van der Waals surface area contributed by atoms with E-state index in [0.29, 0.717) is 0 Å². The number of rotatable bonds is 9. The van der Waals surface area contributed by atoms with Gasteiger partial charge in [-0.1, -0.05) is 11.8 Å². The van der Waals surface area contributed by atoms with Crippen LogP contribution in [0.4, 0.5) is 0 Å². The predicted octanol–water partition coefficient (Wildman–Crippen LogP) is 1.68. The van der Waals surface area contributed by atoms with Crippen molar-refractivity contribution in [2.24, 2.45) is 0 Å². The molecule has 5 N–H and O–H groups in total. The standard InChI is InChI=1S/C15H18O9.C13H18Br2O5.C13H18O5.C12H20O6.C12H18O6.C6H10O6/c1-6-11-12(20-7(2)16)13(21-8(3)17)14(22-9(4)18)15(24-11)23-10(5)19;1-12(2)17-8-6(5-7(14)15)16-11-10(9(8)18-12)19-13(3,4)20-11;1-6-7-8-9(16-12(2,3)15-8)10-11(14-7)18-13(4,5)17-10;2*1-11(2)15-7-6(5-13)14-10-9(8(7)16-11)17-12(3,4)18-10;7-1-2(8)5-3(9)4(10)6(11)12-5/h1,11-15H,2-5H3;5-6,8-11H,1-4H3;1,7-11H,2-5H3;6-10,13H,5H2,1-4H3;5-10H,1-4H3;2-5,7-10H,1H2/t11-,12+,13+,14-,15?;6-,8+,9?,10-,11?;7-,8+,9?,10-,11?;2*6-,7+,8?,9-,10?;2?,3-,4-,5+/m000000/s1. The van der Waals surface area contributed by atoms with E-state index in [0.717, 1.165) is 37.4 Å². The normalized spacial score (nSPS) is 42.4. The maximum atomic E-state index is 11.4. The van der Waals surface area contributed by atoms with E-state index in [1.807, 2.05) is 103 Å². The van der Waals surface area contributed by atoms with Crippen molar-refractivity contribution < 1.29 is 177 Å². The van der Waals surface area contributed by atoms with Crippen LogP contribution < -0.4 is 0 Å².